The summed E-state index contributed by atoms with van der Waals surface area (Å²) in [6.45, 7) is 4.30. The Balaban J connectivity index is 1.97. The van der Waals surface area contributed by atoms with Gasteiger partial charge in [0.15, 0.2) is 0 Å². The Labute approximate surface area is 110 Å². The summed E-state index contributed by atoms with van der Waals surface area (Å²) in [6, 6.07) is 8.00. The van der Waals surface area contributed by atoms with Gasteiger partial charge in [-0.2, -0.15) is 0 Å². The maximum atomic E-state index is 5.81. The molecule has 0 saturated heterocycles. The zero-order valence-electron chi connectivity index (χ0n) is 10.8. The van der Waals surface area contributed by atoms with Crippen LogP contribution in [0.1, 0.15) is 25.3 Å². The van der Waals surface area contributed by atoms with Crippen LogP contribution in [-0.4, -0.2) is 19.6 Å². The highest BCUT2D eigenvalue weighted by molar-refractivity contribution is 5.49. The summed E-state index contributed by atoms with van der Waals surface area (Å²) < 4.78 is 7.58. The SMILES string of the molecule is CC(C)c1cccc(Oc2nccn3cnnc23)c1. The van der Waals surface area contributed by atoms with Crippen molar-refractivity contribution < 1.29 is 4.74 Å². The maximum Gasteiger partial charge on any atom is 0.265 e. The second-order valence-corrected chi connectivity index (χ2v) is 4.62. The predicted octanol–water partition coefficient (Wildman–Crippen LogP) is 3.04. The molecule has 3 aromatic rings. The van der Waals surface area contributed by atoms with Crippen molar-refractivity contribution in [3.05, 3.63) is 48.5 Å². The molecule has 0 N–H and O–H groups in total. The van der Waals surface area contributed by atoms with Crippen molar-refractivity contribution in [3.63, 3.8) is 0 Å². The molecule has 2 aromatic heterocycles. The van der Waals surface area contributed by atoms with Crippen LogP contribution in [0.3, 0.4) is 0 Å². The van der Waals surface area contributed by atoms with E-state index >= 15 is 0 Å². The van der Waals surface area contributed by atoms with Crippen LogP contribution >= 0.6 is 0 Å². The molecular weight excluding hydrogens is 240 g/mol. The smallest absolute Gasteiger partial charge is 0.265 e. The summed E-state index contributed by atoms with van der Waals surface area (Å²) in [5.74, 6) is 1.68. The lowest BCUT2D eigenvalue weighted by Gasteiger charge is -2.09. The largest absolute Gasteiger partial charge is 0.436 e. The summed E-state index contributed by atoms with van der Waals surface area (Å²) in [6.07, 6.45) is 5.07. The summed E-state index contributed by atoms with van der Waals surface area (Å²) in [5.41, 5.74) is 1.84. The van der Waals surface area contributed by atoms with Gasteiger partial charge in [0, 0.05) is 12.4 Å². The number of nitrogens with zero attached hydrogens (tertiary/aromatic N) is 4. The molecule has 19 heavy (non-hydrogen) atoms. The summed E-state index contributed by atoms with van der Waals surface area (Å²) >= 11 is 0. The normalized spacial score (nSPS) is 11.1. The lowest BCUT2D eigenvalue weighted by Crippen LogP contribution is -1.94. The van der Waals surface area contributed by atoms with Gasteiger partial charge in [-0.1, -0.05) is 26.0 Å². The molecule has 0 bridgehead atoms. The van der Waals surface area contributed by atoms with E-state index in [1.54, 1.807) is 23.1 Å². The van der Waals surface area contributed by atoms with E-state index in [0.717, 1.165) is 5.75 Å². The first-order valence-electron chi connectivity index (χ1n) is 6.16. The summed E-state index contributed by atoms with van der Waals surface area (Å²) in [4.78, 5) is 4.20. The standard InChI is InChI=1S/C14H14N4O/c1-10(2)11-4-3-5-12(8-11)19-14-13-17-16-9-18(13)7-6-15-14/h3-10H,1-2H3. The Kier molecular flexibility index (Phi) is 2.87. The number of fused-ring (bicyclic) bond motifs is 1. The monoisotopic (exact) mass is 254 g/mol. The summed E-state index contributed by atoms with van der Waals surface area (Å²) in [5, 5.41) is 7.84. The second kappa shape index (κ2) is 4.68. The van der Waals surface area contributed by atoms with Crippen LogP contribution < -0.4 is 4.74 Å². The van der Waals surface area contributed by atoms with E-state index in [0.29, 0.717) is 17.4 Å². The Morgan fingerprint density at radius 3 is 3.00 bits per heavy atom. The van der Waals surface area contributed by atoms with Crippen molar-refractivity contribution in [3.8, 4) is 11.6 Å². The number of hydrogen-bond donors (Lipinski definition) is 0. The van der Waals surface area contributed by atoms with E-state index < -0.39 is 0 Å². The van der Waals surface area contributed by atoms with Crippen LogP contribution in [0, 0.1) is 0 Å². The van der Waals surface area contributed by atoms with E-state index in [4.69, 9.17) is 4.74 Å². The first-order chi connectivity index (χ1) is 9.24. The van der Waals surface area contributed by atoms with E-state index in [-0.39, 0.29) is 0 Å². The van der Waals surface area contributed by atoms with Gasteiger partial charge in [-0.15, -0.1) is 10.2 Å². The third kappa shape index (κ3) is 2.27. The van der Waals surface area contributed by atoms with Gasteiger partial charge in [0.1, 0.15) is 12.1 Å². The van der Waals surface area contributed by atoms with E-state index in [1.165, 1.54) is 5.56 Å². The van der Waals surface area contributed by atoms with Crippen LogP contribution in [0.2, 0.25) is 0 Å². The van der Waals surface area contributed by atoms with Crippen molar-refractivity contribution >= 4 is 5.65 Å². The molecular formula is C14H14N4O. The first kappa shape index (κ1) is 11.6. The molecule has 0 amide bonds. The third-order valence-electron chi connectivity index (χ3n) is 2.92. The number of aromatic nitrogens is 4. The maximum absolute atomic E-state index is 5.81. The molecule has 5 nitrogen and oxygen atoms in total. The van der Waals surface area contributed by atoms with Crippen LogP contribution in [-0.2, 0) is 0 Å². The van der Waals surface area contributed by atoms with Crippen LogP contribution in [0.5, 0.6) is 11.6 Å². The molecule has 0 atom stereocenters. The first-order valence-corrected chi connectivity index (χ1v) is 6.16. The Hall–Kier alpha value is -2.43. The predicted molar refractivity (Wildman–Crippen MR) is 71.4 cm³/mol. The molecule has 0 fully saturated rings. The van der Waals surface area contributed by atoms with Gasteiger partial charge in [-0.3, -0.25) is 4.40 Å². The zero-order valence-corrected chi connectivity index (χ0v) is 10.8. The van der Waals surface area contributed by atoms with Gasteiger partial charge in [0.05, 0.1) is 0 Å². The fourth-order valence-corrected chi connectivity index (χ4v) is 1.86. The van der Waals surface area contributed by atoms with Crippen molar-refractivity contribution in [2.75, 3.05) is 0 Å². The molecule has 1 aromatic carbocycles. The van der Waals surface area contributed by atoms with Gasteiger partial charge >= 0.3 is 0 Å². The average Bonchev–Trinajstić information content (AvgIpc) is 2.88. The third-order valence-corrected chi connectivity index (χ3v) is 2.92. The number of rotatable bonds is 3. The molecule has 0 spiro atoms. The number of ether oxygens (including phenoxy) is 1. The quantitative estimate of drug-likeness (QED) is 0.721. The molecule has 5 heteroatoms. The Bertz CT molecular complexity index is 705. The van der Waals surface area contributed by atoms with E-state index in [2.05, 4.69) is 35.1 Å². The van der Waals surface area contributed by atoms with Crippen molar-refractivity contribution in [2.45, 2.75) is 19.8 Å². The number of hydrogen-bond acceptors (Lipinski definition) is 4. The van der Waals surface area contributed by atoms with Crippen LogP contribution in [0.15, 0.2) is 43.0 Å². The Morgan fingerprint density at radius 2 is 2.16 bits per heavy atom. The molecule has 0 aliphatic heterocycles. The highest BCUT2D eigenvalue weighted by Crippen LogP contribution is 2.25. The van der Waals surface area contributed by atoms with E-state index in [1.807, 2.05) is 18.2 Å². The van der Waals surface area contributed by atoms with Crippen molar-refractivity contribution in [2.24, 2.45) is 0 Å². The van der Waals surface area contributed by atoms with Gasteiger partial charge < -0.3 is 4.74 Å². The van der Waals surface area contributed by atoms with Crippen LogP contribution in [0.25, 0.3) is 5.65 Å². The molecule has 96 valence electrons. The Morgan fingerprint density at radius 1 is 1.26 bits per heavy atom. The minimum atomic E-state index is 0.459. The fourth-order valence-electron chi connectivity index (χ4n) is 1.86. The van der Waals surface area contributed by atoms with Gasteiger partial charge in [0.25, 0.3) is 5.88 Å². The molecule has 0 aliphatic carbocycles. The molecule has 0 radical (unpaired) electrons. The minimum absolute atomic E-state index is 0.459. The second-order valence-electron chi connectivity index (χ2n) is 4.62. The van der Waals surface area contributed by atoms with Gasteiger partial charge in [-0.05, 0) is 23.6 Å². The van der Waals surface area contributed by atoms with Gasteiger partial charge in [-0.25, -0.2) is 4.98 Å². The van der Waals surface area contributed by atoms with Crippen LogP contribution in [0.4, 0.5) is 0 Å². The molecule has 3 rings (SSSR count). The fraction of sp³-hybridized carbons (Fsp3) is 0.214. The molecule has 0 unspecified atom stereocenters. The van der Waals surface area contributed by atoms with E-state index in [9.17, 15) is 0 Å². The van der Waals surface area contributed by atoms with Gasteiger partial charge in [0.2, 0.25) is 5.65 Å². The van der Waals surface area contributed by atoms with Crippen molar-refractivity contribution in [1.29, 1.82) is 0 Å². The topological polar surface area (TPSA) is 52.3 Å². The highest BCUT2D eigenvalue weighted by atomic mass is 16.5. The average molecular weight is 254 g/mol. The molecule has 0 saturated carbocycles. The molecule has 2 heterocycles. The van der Waals surface area contributed by atoms with Crippen molar-refractivity contribution in [1.82, 2.24) is 19.6 Å². The zero-order chi connectivity index (χ0) is 13.2. The lowest BCUT2D eigenvalue weighted by molar-refractivity contribution is 0.464. The number of benzene rings is 1. The lowest BCUT2D eigenvalue weighted by atomic mass is 10.0. The minimum Gasteiger partial charge on any atom is -0.436 e. The highest BCUT2D eigenvalue weighted by Gasteiger charge is 2.08. The molecule has 0 aliphatic rings. The summed E-state index contributed by atoms with van der Waals surface area (Å²) in [7, 11) is 0.